The van der Waals surface area contributed by atoms with E-state index in [0.717, 1.165) is 24.9 Å². The molecule has 2 aromatic rings. The van der Waals surface area contributed by atoms with Crippen molar-refractivity contribution < 1.29 is 13.2 Å². The Labute approximate surface area is 161 Å². The Bertz CT molecular complexity index is 901. The van der Waals surface area contributed by atoms with Crippen LogP contribution in [0.25, 0.3) is 0 Å². The summed E-state index contributed by atoms with van der Waals surface area (Å²) in [5, 5.41) is 0. The topological polar surface area (TPSA) is 57.7 Å². The first-order chi connectivity index (χ1) is 12.9. The van der Waals surface area contributed by atoms with Gasteiger partial charge in [-0.3, -0.25) is 4.79 Å². The fourth-order valence-corrected chi connectivity index (χ4v) is 4.11. The third-order valence-electron chi connectivity index (χ3n) is 4.97. The first kappa shape index (κ1) is 19.4. The molecule has 5 nitrogen and oxygen atoms in total. The van der Waals surface area contributed by atoms with Crippen LogP contribution in [-0.2, 0) is 16.4 Å². The van der Waals surface area contributed by atoms with E-state index in [9.17, 15) is 13.2 Å². The standard InChI is InChI=1S/C21H26N2O3S/c1-22(21(24)17-10-12-19(13-11-17)27(2,25)26)16-18-8-4-5-9-20(18)23-14-6-3-7-15-23/h4-5,8-13H,3,6-7,14-16H2,1-2H3. The number of nitrogens with zero attached hydrogens (tertiary/aromatic N) is 2. The third kappa shape index (κ3) is 4.69. The lowest BCUT2D eigenvalue weighted by atomic mass is 10.1. The lowest BCUT2D eigenvalue weighted by Gasteiger charge is -2.31. The molecule has 0 N–H and O–H groups in total. The van der Waals surface area contributed by atoms with Crippen LogP contribution in [0.1, 0.15) is 35.2 Å². The van der Waals surface area contributed by atoms with Crippen molar-refractivity contribution in [3.63, 3.8) is 0 Å². The number of hydrogen-bond donors (Lipinski definition) is 0. The van der Waals surface area contributed by atoms with Crippen LogP contribution in [0.3, 0.4) is 0 Å². The zero-order valence-corrected chi connectivity index (χ0v) is 16.7. The van der Waals surface area contributed by atoms with Crippen LogP contribution >= 0.6 is 0 Å². The van der Waals surface area contributed by atoms with Crippen molar-refractivity contribution >= 4 is 21.4 Å². The van der Waals surface area contributed by atoms with E-state index in [4.69, 9.17) is 0 Å². The lowest BCUT2D eigenvalue weighted by molar-refractivity contribution is 0.0785. The van der Waals surface area contributed by atoms with E-state index in [1.807, 2.05) is 12.1 Å². The fraction of sp³-hybridized carbons (Fsp3) is 0.381. The Balaban J connectivity index is 1.75. The Kier molecular flexibility index (Phi) is 5.85. The van der Waals surface area contributed by atoms with Gasteiger partial charge >= 0.3 is 0 Å². The minimum absolute atomic E-state index is 0.122. The van der Waals surface area contributed by atoms with E-state index >= 15 is 0 Å². The van der Waals surface area contributed by atoms with Gasteiger partial charge in [-0.15, -0.1) is 0 Å². The van der Waals surface area contributed by atoms with Gasteiger partial charge in [-0.2, -0.15) is 0 Å². The summed E-state index contributed by atoms with van der Waals surface area (Å²) in [6.07, 6.45) is 4.85. The molecule has 0 aliphatic carbocycles. The summed E-state index contributed by atoms with van der Waals surface area (Å²) in [5.41, 5.74) is 2.81. The molecule has 0 atom stereocenters. The quantitative estimate of drug-likeness (QED) is 0.791. The summed E-state index contributed by atoms with van der Waals surface area (Å²) in [4.78, 5) is 17.1. The van der Waals surface area contributed by atoms with Gasteiger partial charge in [0.15, 0.2) is 9.84 Å². The Hall–Kier alpha value is -2.34. The highest BCUT2D eigenvalue weighted by Crippen LogP contribution is 2.25. The van der Waals surface area contributed by atoms with Crippen molar-refractivity contribution in [2.24, 2.45) is 0 Å². The third-order valence-corrected chi connectivity index (χ3v) is 6.10. The number of amides is 1. The van der Waals surface area contributed by atoms with Gasteiger partial charge in [0.2, 0.25) is 0 Å². The van der Waals surface area contributed by atoms with Crippen molar-refractivity contribution in [3.05, 3.63) is 59.7 Å². The molecule has 1 aliphatic heterocycles. The number of carbonyl (C=O) groups is 1. The van der Waals surface area contributed by atoms with Gasteiger partial charge in [0.25, 0.3) is 5.91 Å². The highest BCUT2D eigenvalue weighted by molar-refractivity contribution is 7.90. The number of carbonyl (C=O) groups excluding carboxylic acids is 1. The first-order valence-electron chi connectivity index (χ1n) is 9.25. The van der Waals surface area contributed by atoms with E-state index in [-0.39, 0.29) is 10.8 Å². The van der Waals surface area contributed by atoms with E-state index in [2.05, 4.69) is 17.0 Å². The molecule has 1 heterocycles. The van der Waals surface area contributed by atoms with Gasteiger partial charge in [0, 0.05) is 44.2 Å². The van der Waals surface area contributed by atoms with Gasteiger partial charge < -0.3 is 9.80 Å². The van der Waals surface area contributed by atoms with Crippen molar-refractivity contribution in [1.29, 1.82) is 0 Å². The number of sulfone groups is 1. The Morgan fingerprint density at radius 1 is 1.00 bits per heavy atom. The summed E-state index contributed by atoms with van der Waals surface area (Å²) >= 11 is 0. The molecule has 0 radical (unpaired) electrons. The summed E-state index contributed by atoms with van der Waals surface area (Å²) in [7, 11) is -1.49. The SMILES string of the molecule is CN(Cc1ccccc1N1CCCCC1)C(=O)c1ccc(S(C)(=O)=O)cc1. The van der Waals surface area contributed by atoms with Crippen molar-refractivity contribution in [2.45, 2.75) is 30.7 Å². The number of rotatable bonds is 5. The highest BCUT2D eigenvalue weighted by atomic mass is 32.2. The molecule has 1 saturated heterocycles. The highest BCUT2D eigenvalue weighted by Gasteiger charge is 2.18. The van der Waals surface area contributed by atoms with E-state index in [1.54, 1.807) is 24.1 Å². The smallest absolute Gasteiger partial charge is 0.253 e. The molecule has 1 aliphatic rings. The monoisotopic (exact) mass is 386 g/mol. The molecule has 144 valence electrons. The van der Waals surface area contributed by atoms with E-state index < -0.39 is 9.84 Å². The molecule has 2 aromatic carbocycles. The van der Waals surface area contributed by atoms with Crippen molar-refractivity contribution in [1.82, 2.24) is 4.90 Å². The van der Waals surface area contributed by atoms with Gasteiger partial charge in [-0.05, 0) is 55.2 Å². The van der Waals surface area contributed by atoms with Gasteiger partial charge in [-0.25, -0.2) is 8.42 Å². The van der Waals surface area contributed by atoms with Crippen molar-refractivity contribution in [3.8, 4) is 0 Å². The second-order valence-electron chi connectivity index (χ2n) is 7.13. The molecule has 0 saturated carbocycles. The number of anilines is 1. The van der Waals surface area contributed by atoms with E-state index in [1.165, 1.54) is 37.1 Å². The molecule has 1 fully saturated rings. The van der Waals surface area contributed by atoms with Crippen LogP contribution in [0.15, 0.2) is 53.4 Å². The molecule has 1 amide bonds. The molecule has 0 aromatic heterocycles. The predicted octanol–water partition coefficient (Wildman–Crippen LogP) is 3.35. The van der Waals surface area contributed by atoms with Crippen LogP contribution in [0, 0.1) is 0 Å². The van der Waals surface area contributed by atoms with Crippen LogP contribution in [0.5, 0.6) is 0 Å². The summed E-state index contributed by atoms with van der Waals surface area (Å²) in [6, 6.07) is 14.4. The largest absolute Gasteiger partial charge is 0.371 e. The molecule has 6 heteroatoms. The zero-order valence-electron chi connectivity index (χ0n) is 15.9. The maximum atomic E-state index is 12.8. The van der Waals surface area contributed by atoms with E-state index in [0.29, 0.717) is 12.1 Å². The van der Waals surface area contributed by atoms with Crippen LogP contribution in [0.2, 0.25) is 0 Å². The maximum Gasteiger partial charge on any atom is 0.253 e. The van der Waals surface area contributed by atoms with Gasteiger partial charge in [0.1, 0.15) is 0 Å². The lowest BCUT2D eigenvalue weighted by Crippen LogP contribution is -2.32. The second kappa shape index (κ2) is 8.13. The van der Waals surface area contributed by atoms with Crippen LogP contribution < -0.4 is 4.90 Å². The average Bonchev–Trinajstić information content (AvgIpc) is 2.68. The predicted molar refractivity (Wildman–Crippen MR) is 108 cm³/mol. The molecule has 27 heavy (non-hydrogen) atoms. The number of hydrogen-bond acceptors (Lipinski definition) is 4. The molecule has 0 bridgehead atoms. The summed E-state index contributed by atoms with van der Waals surface area (Å²) in [5.74, 6) is -0.122. The minimum Gasteiger partial charge on any atom is -0.371 e. The average molecular weight is 387 g/mol. The summed E-state index contributed by atoms with van der Waals surface area (Å²) < 4.78 is 23.2. The van der Waals surface area contributed by atoms with Crippen LogP contribution in [-0.4, -0.2) is 45.6 Å². The normalized spacial score (nSPS) is 14.8. The summed E-state index contributed by atoms with van der Waals surface area (Å²) in [6.45, 7) is 2.63. The Morgan fingerprint density at radius 2 is 1.63 bits per heavy atom. The number of para-hydroxylation sites is 1. The minimum atomic E-state index is -3.26. The second-order valence-corrected chi connectivity index (χ2v) is 9.15. The zero-order chi connectivity index (χ0) is 19.4. The maximum absolute atomic E-state index is 12.8. The Morgan fingerprint density at radius 3 is 2.26 bits per heavy atom. The van der Waals surface area contributed by atoms with Crippen molar-refractivity contribution in [2.75, 3.05) is 31.3 Å². The van der Waals surface area contributed by atoms with Gasteiger partial charge in [0.05, 0.1) is 4.90 Å². The van der Waals surface area contributed by atoms with Crippen LogP contribution in [0.4, 0.5) is 5.69 Å². The first-order valence-corrected chi connectivity index (χ1v) is 11.1. The van der Waals surface area contributed by atoms with Gasteiger partial charge in [-0.1, -0.05) is 18.2 Å². The molecule has 0 unspecified atom stereocenters. The molecule has 0 spiro atoms. The molecule has 3 rings (SSSR count). The molecular weight excluding hydrogens is 360 g/mol. The molecular formula is C21H26N2O3S. The number of benzene rings is 2. The fourth-order valence-electron chi connectivity index (χ4n) is 3.48. The number of piperidine rings is 1.